The van der Waals surface area contributed by atoms with Crippen LogP contribution in [0.15, 0.2) is 60.3 Å². The van der Waals surface area contributed by atoms with Crippen LogP contribution in [0.3, 0.4) is 0 Å². The Morgan fingerprint density at radius 2 is 1.54 bits per heavy atom. The molecule has 1 aromatic heterocycles. The second kappa shape index (κ2) is 9.45. The van der Waals surface area contributed by atoms with Crippen LogP contribution in [0.1, 0.15) is 42.5 Å². The third-order valence-corrected chi connectivity index (χ3v) is 9.99. The average Bonchev–Trinajstić information content (AvgIpc) is 3.31. The number of hydrogen-bond donors (Lipinski definition) is 0. The molecule has 2 aliphatic heterocycles. The van der Waals surface area contributed by atoms with Gasteiger partial charge in [-0.25, -0.2) is 13.5 Å². The van der Waals surface area contributed by atoms with E-state index in [1.807, 2.05) is 10.9 Å². The van der Waals surface area contributed by atoms with Crippen LogP contribution in [0.25, 0.3) is 11.8 Å². The number of hydrogen-bond acceptors (Lipinski definition) is 3. The topological polar surface area (TPSA) is 58.4 Å². The molecule has 1 unspecified atom stereocenters. The first-order valence-corrected chi connectivity index (χ1v) is 14.3. The summed E-state index contributed by atoms with van der Waals surface area (Å²) >= 11 is 0. The normalized spacial score (nSPS) is 22.8. The Morgan fingerprint density at radius 1 is 0.865 bits per heavy atom. The number of piperidine rings is 2. The third-order valence-electron chi connectivity index (χ3n) is 8.01. The predicted octanol–water partition coefficient (Wildman–Crippen LogP) is 4.76. The lowest BCUT2D eigenvalue weighted by Crippen LogP contribution is -2.54. The minimum absolute atomic E-state index is 0.290. The van der Waals surface area contributed by atoms with Gasteiger partial charge in [-0.15, -0.1) is 0 Å². The molecule has 3 aliphatic rings. The molecule has 194 valence electrons. The van der Waals surface area contributed by atoms with Crippen molar-refractivity contribution in [2.75, 3.05) is 26.2 Å². The molecule has 3 aromatic rings. The molecule has 0 amide bonds. The summed E-state index contributed by atoms with van der Waals surface area (Å²) in [7, 11) is -3.57. The number of fused-ring (bicyclic) bond motifs is 2. The van der Waals surface area contributed by atoms with Crippen LogP contribution in [-0.4, -0.2) is 53.0 Å². The van der Waals surface area contributed by atoms with Gasteiger partial charge < -0.3 is 0 Å². The molecular weight excluding hydrogens is 494 g/mol. The van der Waals surface area contributed by atoms with Gasteiger partial charge in [0.1, 0.15) is 11.6 Å². The Hall–Kier alpha value is -2.88. The SMILES string of the molecule is O=S(=O)(N1CCCCC1)N1CCC2=Cc3c(cnn3-c3ccc(F)cc3)CC2(Cc2ccc(F)cc2)C1. The quantitative estimate of drug-likeness (QED) is 0.484. The summed E-state index contributed by atoms with van der Waals surface area (Å²) in [6.45, 7) is 1.94. The van der Waals surface area contributed by atoms with Gasteiger partial charge in [-0.05, 0) is 85.7 Å². The van der Waals surface area contributed by atoms with Gasteiger partial charge in [-0.2, -0.15) is 22.1 Å². The number of benzene rings is 2. The molecule has 6 rings (SSSR count). The summed E-state index contributed by atoms with van der Waals surface area (Å²) in [6, 6.07) is 12.7. The molecule has 37 heavy (non-hydrogen) atoms. The maximum Gasteiger partial charge on any atom is 0.282 e. The minimum atomic E-state index is -3.57. The van der Waals surface area contributed by atoms with E-state index in [9.17, 15) is 17.2 Å². The Kier molecular flexibility index (Phi) is 6.25. The zero-order chi connectivity index (χ0) is 25.6. The largest absolute Gasteiger partial charge is 0.282 e. The predicted molar refractivity (Wildman–Crippen MR) is 138 cm³/mol. The fourth-order valence-corrected chi connectivity index (χ4v) is 7.88. The van der Waals surface area contributed by atoms with Crippen LogP contribution >= 0.6 is 0 Å². The van der Waals surface area contributed by atoms with Crippen molar-refractivity contribution < 1.29 is 17.2 Å². The minimum Gasteiger partial charge on any atom is -0.233 e. The fourth-order valence-electron chi connectivity index (χ4n) is 6.10. The van der Waals surface area contributed by atoms with E-state index in [1.165, 1.54) is 29.8 Å². The summed E-state index contributed by atoms with van der Waals surface area (Å²) in [5.74, 6) is -0.592. The van der Waals surface area contributed by atoms with Gasteiger partial charge in [0.15, 0.2) is 0 Å². The first-order valence-electron chi connectivity index (χ1n) is 12.9. The number of halogens is 2. The third kappa shape index (κ3) is 4.53. The van der Waals surface area contributed by atoms with E-state index in [4.69, 9.17) is 0 Å². The first kappa shape index (κ1) is 24.5. The standard InChI is InChI=1S/C28H30F2N4O2S/c29-24-6-4-21(5-7-24)17-28-18-22-19-31-34(26-10-8-25(30)9-11-26)27(22)16-23(28)12-15-33(20-28)37(35,36)32-13-2-1-3-14-32/h4-11,16,19H,1-3,12-15,17-18,20H2. The molecule has 3 heterocycles. The lowest BCUT2D eigenvalue weighted by Gasteiger charge is -2.47. The molecule has 0 bridgehead atoms. The number of aromatic nitrogens is 2. The van der Waals surface area contributed by atoms with Crippen LogP contribution in [0.5, 0.6) is 0 Å². The van der Waals surface area contributed by atoms with Gasteiger partial charge >= 0.3 is 0 Å². The smallest absolute Gasteiger partial charge is 0.233 e. The van der Waals surface area contributed by atoms with Crippen molar-refractivity contribution in [2.45, 2.75) is 38.5 Å². The van der Waals surface area contributed by atoms with Crippen molar-refractivity contribution in [1.29, 1.82) is 0 Å². The van der Waals surface area contributed by atoms with Gasteiger partial charge in [0.05, 0.1) is 17.6 Å². The molecule has 2 saturated heterocycles. The average molecular weight is 525 g/mol. The second-order valence-electron chi connectivity index (χ2n) is 10.4. The van der Waals surface area contributed by atoms with Crippen LogP contribution < -0.4 is 0 Å². The van der Waals surface area contributed by atoms with Crippen LogP contribution in [0.2, 0.25) is 0 Å². The van der Waals surface area contributed by atoms with Crippen molar-refractivity contribution >= 4 is 16.3 Å². The summed E-state index contributed by atoms with van der Waals surface area (Å²) in [5, 5.41) is 4.61. The lowest BCUT2D eigenvalue weighted by atomic mass is 9.66. The zero-order valence-corrected chi connectivity index (χ0v) is 21.4. The van der Waals surface area contributed by atoms with E-state index < -0.39 is 15.6 Å². The molecule has 1 atom stereocenters. The zero-order valence-electron chi connectivity index (χ0n) is 20.6. The van der Waals surface area contributed by atoms with Crippen LogP contribution in [0, 0.1) is 17.0 Å². The van der Waals surface area contributed by atoms with E-state index in [2.05, 4.69) is 11.2 Å². The van der Waals surface area contributed by atoms with E-state index in [-0.39, 0.29) is 11.6 Å². The van der Waals surface area contributed by atoms with Crippen molar-refractivity contribution in [2.24, 2.45) is 5.41 Å². The molecular formula is C28H30F2N4O2S. The summed E-state index contributed by atoms with van der Waals surface area (Å²) < 4.78 is 59.6. The van der Waals surface area contributed by atoms with Gasteiger partial charge in [0.2, 0.25) is 0 Å². The van der Waals surface area contributed by atoms with E-state index in [1.54, 1.807) is 32.9 Å². The van der Waals surface area contributed by atoms with Crippen molar-refractivity contribution in [1.82, 2.24) is 18.4 Å². The second-order valence-corrected chi connectivity index (χ2v) is 12.4. The fraction of sp³-hybridized carbons (Fsp3) is 0.393. The van der Waals surface area contributed by atoms with Crippen molar-refractivity contribution in [3.8, 4) is 5.69 Å². The van der Waals surface area contributed by atoms with Crippen LogP contribution in [0.4, 0.5) is 8.78 Å². The van der Waals surface area contributed by atoms with E-state index in [0.29, 0.717) is 45.4 Å². The lowest BCUT2D eigenvalue weighted by molar-refractivity contribution is 0.195. The highest BCUT2D eigenvalue weighted by Gasteiger charge is 2.47. The van der Waals surface area contributed by atoms with Gasteiger partial charge in [-0.3, -0.25) is 0 Å². The van der Waals surface area contributed by atoms with Crippen molar-refractivity contribution in [3.63, 3.8) is 0 Å². The van der Waals surface area contributed by atoms with Crippen LogP contribution in [-0.2, 0) is 23.1 Å². The Bertz CT molecular complexity index is 1430. The molecule has 0 N–H and O–H groups in total. The van der Waals surface area contributed by atoms with E-state index in [0.717, 1.165) is 41.8 Å². The molecule has 1 aliphatic carbocycles. The van der Waals surface area contributed by atoms with Crippen molar-refractivity contribution in [3.05, 3.63) is 88.8 Å². The highest BCUT2D eigenvalue weighted by Crippen LogP contribution is 2.47. The summed E-state index contributed by atoms with van der Waals surface area (Å²) in [6.07, 6.45) is 8.66. The molecule has 6 nitrogen and oxygen atoms in total. The highest BCUT2D eigenvalue weighted by atomic mass is 32.2. The molecule has 9 heteroatoms. The van der Waals surface area contributed by atoms with Gasteiger partial charge in [0, 0.05) is 31.6 Å². The monoisotopic (exact) mass is 524 g/mol. The molecule has 2 fully saturated rings. The highest BCUT2D eigenvalue weighted by molar-refractivity contribution is 7.86. The number of nitrogens with zero attached hydrogens (tertiary/aromatic N) is 4. The molecule has 0 radical (unpaired) electrons. The Labute approximate surface area is 216 Å². The van der Waals surface area contributed by atoms with Gasteiger partial charge in [0.25, 0.3) is 10.2 Å². The van der Waals surface area contributed by atoms with Gasteiger partial charge in [-0.1, -0.05) is 24.1 Å². The van der Waals surface area contributed by atoms with E-state index >= 15 is 0 Å². The molecule has 2 aromatic carbocycles. The molecule has 0 spiro atoms. The Balaban J connectivity index is 1.38. The first-order chi connectivity index (χ1) is 17.8. The maximum atomic E-state index is 13.7. The number of rotatable bonds is 5. The summed E-state index contributed by atoms with van der Waals surface area (Å²) in [5.41, 5.74) is 4.44. The molecule has 0 saturated carbocycles. The maximum absolute atomic E-state index is 13.7. The Morgan fingerprint density at radius 3 is 2.24 bits per heavy atom. The summed E-state index contributed by atoms with van der Waals surface area (Å²) in [4.78, 5) is 0.